The van der Waals surface area contributed by atoms with E-state index in [0.29, 0.717) is 12.1 Å². The molecule has 0 bridgehead atoms. The van der Waals surface area contributed by atoms with Gasteiger partial charge < -0.3 is 10.3 Å². The van der Waals surface area contributed by atoms with Crippen LogP contribution in [0.25, 0.3) is 0 Å². The van der Waals surface area contributed by atoms with Crippen LogP contribution in [0, 0.1) is 5.92 Å². The SMILES string of the molecule is CC1CCC(NC(C)c2ncc[nH]2)C1. The van der Waals surface area contributed by atoms with E-state index in [1.807, 2.05) is 12.4 Å². The van der Waals surface area contributed by atoms with Crippen molar-refractivity contribution in [2.45, 2.75) is 45.2 Å². The molecule has 0 aromatic carbocycles. The second kappa shape index (κ2) is 4.13. The first-order chi connectivity index (χ1) is 6.75. The second-order valence-electron chi connectivity index (χ2n) is 4.48. The molecule has 2 N–H and O–H groups in total. The summed E-state index contributed by atoms with van der Waals surface area (Å²) in [5.41, 5.74) is 0. The molecular formula is C11H19N3. The van der Waals surface area contributed by atoms with Gasteiger partial charge in [-0.05, 0) is 32.1 Å². The molecule has 3 atom stereocenters. The molecule has 0 spiro atoms. The van der Waals surface area contributed by atoms with E-state index in [-0.39, 0.29) is 0 Å². The van der Waals surface area contributed by atoms with Crippen molar-refractivity contribution in [1.29, 1.82) is 0 Å². The Morgan fingerprint density at radius 3 is 3.00 bits per heavy atom. The Morgan fingerprint density at radius 1 is 1.57 bits per heavy atom. The Bertz CT molecular complexity index is 268. The van der Waals surface area contributed by atoms with Gasteiger partial charge in [0.05, 0.1) is 6.04 Å². The van der Waals surface area contributed by atoms with Crippen LogP contribution in [0.1, 0.15) is 45.0 Å². The lowest BCUT2D eigenvalue weighted by Gasteiger charge is -2.17. The Balaban J connectivity index is 1.86. The van der Waals surface area contributed by atoms with Gasteiger partial charge in [-0.1, -0.05) is 6.92 Å². The molecule has 0 amide bonds. The van der Waals surface area contributed by atoms with Crippen molar-refractivity contribution in [3.8, 4) is 0 Å². The molecule has 1 aromatic heterocycles. The molecule has 0 radical (unpaired) electrons. The Labute approximate surface area is 85.3 Å². The van der Waals surface area contributed by atoms with Crippen LogP contribution in [0.4, 0.5) is 0 Å². The van der Waals surface area contributed by atoms with Crippen molar-refractivity contribution < 1.29 is 0 Å². The zero-order valence-corrected chi connectivity index (χ0v) is 8.96. The number of aromatic nitrogens is 2. The van der Waals surface area contributed by atoms with Gasteiger partial charge in [0.15, 0.2) is 0 Å². The van der Waals surface area contributed by atoms with E-state index in [1.165, 1.54) is 19.3 Å². The fraction of sp³-hybridized carbons (Fsp3) is 0.727. The summed E-state index contributed by atoms with van der Waals surface area (Å²) in [7, 11) is 0. The minimum atomic E-state index is 0.347. The maximum atomic E-state index is 4.26. The van der Waals surface area contributed by atoms with Crippen molar-refractivity contribution in [2.24, 2.45) is 5.92 Å². The van der Waals surface area contributed by atoms with Crippen LogP contribution in [0.3, 0.4) is 0 Å². The van der Waals surface area contributed by atoms with Crippen LogP contribution >= 0.6 is 0 Å². The summed E-state index contributed by atoms with van der Waals surface area (Å²) in [6.45, 7) is 4.50. The second-order valence-corrected chi connectivity index (χ2v) is 4.48. The van der Waals surface area contributed by atoms with Gasteiger partial charge in [-0.2, -0.15) is 0 Å². The summed E-state index contributed by atoms with van der Waals surface area (Å²) >= 11 is 0. The van der Waals surface area contributed by atoms with Crippen molar-refractivity contribution in [3.63, 3.8) is 0 Å². The number of nitrogens with zero attached hydrogens (tertiary/aromatic N) is 1. The predicted molar refractivity (Wildman–Crippen MR) is 56.9 cm³/mol. The molecule has 1 heterocycles. The Morgan fingerprint density at radius 2 is 2.43 bits per heavy atom. The Kier molecular flexibility index (Phi) is 2.87. The molecule has 1 aromatic rings. The largest absolute Gasteiger partial charge is 0.347 e. The van der Waals surface area contributed by atoms with Crippen LogP contribution in [0.15, 0.2) is 12.4 Å². The molecule has 2 rings (SSSR count). The molecule has 0 aliphatic heterocycles. The van der Waals surface area contributed by atoms with Crippen molar-refractivity contribution in [1.82, 2.24) is 15.3 Å². The summed E-state index contributed by atoms with van der Waals surface area (Å²) in [5.74, 6) is 1.93. The number of hydrogen-bond acceptors (Lipinski definition) is 2. The number of nitrogens with one attached hydrogen (secondary N) is 2. The van der Waals surface area contributed by atoms with E-state index >= 15 is 0 Å². The molecule has 1 saturated carbocycles. The molecule has 1 fully saturated rings. The number of hydrogen-bond donors (Lipinski definition) is 2. The zero-order chi connectivity index (χ0) is 9.97. The maximum Gasteiger partial charge on any atom is 0.122 e. The molecule has 0 saturated heterocycles. The standard InChI is InChI=1S/C11H19N3/c1-8-3-4-10(7-8)14-9(2)11-12-5-6-13-11/h5-6,8-10,14H,3-4,7H2,1-2H3,(H,12,13). The van der Waals surface area contributed by atoms with Gasteiger partial charge in [-0.3, -0.25) is 0 Å². The number of imidazole rings is 1. The van der Waals surface area contributed by atoms with Crippen molar-refractivity contribution >= 4 is 0 Å². The van der Waals surface area contributed by atoms with E-state index in [1.54, 1.807) is 0 Å². The van der Waals surface area contributed by atoms with Gasteiger partial charge in [0.1, 0.15) is 5.82 Å². The molecule has 1 aliphatic rings. The van der Waals surface area contributed by atoms with Crippen LogP contribution in [-0.2, 0) is 0 Å². The number of aromatic amines is 1. The average Bonchev–Trinajstić information content (AvgIpc) is 2.75. The van der Waals surface area contributed by atoms with Crippen molar-refractivity contribution in [2.75, 3.05) is 0 Å². The third-order valence-corrected chi connectivity index (χ3v) is 3.11. The smallest absolute Gasteiger partial charge is 0.122 e. The minimum Gasteiger partial charge on any atom is -0.347 e. The highest BCUT2D eigenvalue weighted by Crippen LogP contribution is 2.26. The maximum absolute atomic E-state index is 4.26. The third-order valence-electron chi connectivity index (χ3n) is 3.11. The van der Waals surface area contributed by atoms with Gasteiger partial charge in [-0.15, -0.1) is 0 Å². The summed E-state index contributed by atoms with van der Waals surface area (Å²) < 4.78 is 0. The fourth-order valence-electron chi connectivity index (χ4n) is 2.31. The lowest BCUT2D eigenvalue weighted by atomic mass is 10.1. The highest BCUT2D eigenvalue weighted by molar-refractivity contribution is 4.95. The molecule has 3 heteroatoms. The molecular weight excluding hydrogens is 174 g/mol. The first kappa shape index (κ1) is 9.71. The van der Waals surface area contributed by atoms with Gasteiger partial charge in [0.2, 0.25) is 0 Å². The summed E-state index contributed by atoms with van der Waals surface area (Å²) in [6, 6.07) is 1.03. The Hall–Kier alpha value is -0.830. The quantitative estimate of drug-likeness (QED) is 0.773. The van der Waals surface area contributed by atoms with Crippen LogP contribution in [0.2, 0.25) is 0 Å². The van der Waals surface area contributed by atoms with Gasteiger partial charge in [0, 0.05) is 18.4 Å². The van der Waals surface area contributed by atoms with E-state index in [9.17, 15) is 0 Å². The van der Waals surface area contributed by atoms with Gasteiger partial charge >= 0.3 is 0 Å². The summed E-state index contributed by atoms with van der Waals surface area (Å²) in [4.78, 5) is 7.41. The lowest BCUT2D eigenvalue weighted by Crippen LogP contribution is -2.29. The third kappa shape index (κ3) is 2.15. The van der Waals surface area contributed by atoms with Gasteiger partial charge in [-0.25, -0.2) is 4.98 Å². The van der Waals surface area contributed by atoms with Crippen molar-refractivity contribution in [3.05, 3.63) is 18.2 Å². The van der Waals surface area contributed by atoms with Gasteiger partial charge in [0.25, 0.3) is 0 Å². The topological polar surface area (TPSA) is 40.7 Å². The number of rotatable bonds is 3. The fourth-order valence-corrected chi connectivity index (χ4v) is 2.31. The average molecular weight is 193 g/mol. The van der Waals surface area contributed by atoms with E-state index in [0.717, 1.165) is 11.7 Å². The predicted octanol–water partition coefficient (Wildman–Crippen LogP) is 2.25. The first-order valence-electron chi connectivity index (χ1n) is 5.51. The summed E-state index contributed by atoms with van der Waals surface area (Å²) in [6.07, 6.45) is 7.68. The molecule has 3 unspecified atom stereocenters. The van der Waals surface area contributed by atoms with E-state index in [4.69, 9.17) is 0 Å². The first-order valence-corrected chi connectivity index (χ1v) is 5.51. The van der Waals surface area contributed by atoms with Crippen LogP contribution < -0.4 is 5.32 Å². The molecule has 78 valence electrons. The van der Waals surface area contributed by atoms with Crippen LogP contribution in [-0.4, -0.2) is 16.0 Å². The highest BCUT2D eigenvalue weighted by atomic mass is 15.0. The van der Waals surface area contributed by atoms with Crippen LogP contribution in [0.5, 0.6) is 0 Å². The van der Waals surface area contributed by atoms with E-state index < -0.39 is 0 Å². The molecule has 3 nitrogen and oxygen atoms in total. The lowest BCUT2D eigenvalue weighted by molar-refractivity contribution is 0.438. The molecule has 1 aliphatic carbocycles. The molecule has 14 heavy (non-hydrogen) atoms. The minimum absolute atomic E-state index is 0.347. The summed E-state index contributed by atoms with van der Waals surface area (Å²) in [5, 5.41) is 3.62. The normalized spacial score (nSPS) is 29.3. The monoisotopic (exact) mass is 193 g/mol. The highest BCUT2D eigenvalue weighted by Gasteiger charge is 2.23. The zero-order valence-electron chi connectivity index (χ0n) is 8.96. The van der Waals surface area contributed by atoms with E-state index in [2.05, 4.69) is 29.1 Å². The number of H-pyrrole nitrogens is 1.